The number of carbonyl (C=O) groups excluding carboxylic acids is 1. The molecule has 0 aliphatic rings. The molecule has 1 heterocycles. The van der Waals surface area contributed by atoms with Crippen molar-refractivity contribution in [2.75, 3.05) is 6.61 Å². The molecule has 1 aromatic heterocycles. The molecule has 6 heteroatoms. The maximum atomic E-state index is 11.9. The summed E-state index contributed by atoms with van der Waals surface area (Å²) in [6.07, 6.45) is 0.169. The fourth-order valence-electron chi connectivity index (χ4n) is 3.69. The summed E-state index contributed by atoms with van der Waals surface area (Å²) in [6.45, 7) is 4.77. The zero-order chi connectivity index (χ0) is 22.5. The third kappa shape index (κ3) is 4.81. The fourth-order valence-corrected chi connectivity index (χ4v) is 3.69. The smallest absolute Gasteiger partial charge is 0.310 e. The van der Waals surface area contributed by atoms with Crippen LogP contribution in [0.3, 0.4) is 0 Å². The van der Waals surface area contributed by atoms with Gasteiger partial charge in [0.1, 0.15) is 17.9 Å². The Hall–Kier alpha value is -3.64. The van der Waals surface area contributed by atoms with Gasteiger partial charge in [-0.15, -0.1) is 0 Å². The lowest BCUT2D eigenvalue weighted by atomic mass is 10.00. The molecular formula is C26H26N2O4. The first-order chi connectivity index (χ1) is 15.6. The summed E-state index contributed by atoms with van der Waals surface area (Å²) >= 11 is 0. The summed E-state index contributed by atoms with van der Waals surface area (Å²) < 4.78 is 17.1. The quantitative estimate of drug-likeness (QED) is 0.398. The Bertz CT molecular complexity index is 1250. The van der Waals surface area contributed by atoms with Gasteiger partial charge in [0.25, 0.3) is 0 Å². The van der Waals surface area contributed by atoms with Crippen molar-refractivity contribution in [3.05, 3.63) is 83.2 Å². The van der Waals surface area contributed by atoms with E-state index in [9.17, 15) is 4.79 Å². The normalized spacial score (nSPS) is 11.0. The molecule has 0 unspecified atom stereocenters. The molecule has 0 saturated heterocycles. The Morgan fingerprint density at radius 2 is 1.91 bits per heavy atom. The molecule has 0 fully saturated rings. The molecule has 0 radical (unpaired) electrons. The van der Waals surface area contributed by atoms with Gasteiger partial charge in [0.05, 0.1) is 13.0 Å². The van der Waals surface area contributed by atoms with E-state index < -0.39 is 0 Å². The van der Waals surface area contributed by atoms with Gasteiger partial charge in [0.2, 0.25) is 0 Å². The first kappa shape index (κ1) is 21.6. The Balaban J connectivity index is 1.64. The standard InChI is InChI=1S/C26H26N2O4/c1-3-30-25(29)14-21-8-4-5-10-24(21)31-16-19-12-22(20-9-6-7-18(11-20)15-27)26-23(13-19)28-17(2)32-26/h4-13H,3,14-16,27H2,1-2H3. The van der Waals surface area contributed by atoms with E-state index in [1.807, 2.05) is 55.5 Å². The molecule has 0 bridgehead atoms. The number of oxazole rings is 1. The first-order valence-electron chi connectivity index (χ1n) is 10.6. The highest BCUT2D eigenvalue weighted by Gasteiger charge is 2.14. The molecule has 0 amide bonds. The van der Waals surface area contributed by atoms with Crippen LogP contribution in [0.15, 0.2) is 65.1 Å². The summed E-state index contributed by atoms with van der Waals surface area (Å²) in [5, 5.41) is 0. The van der Waals surface area contributed by atoms with Crippen LogP contribution in [0.5, 0.6) is 5.75 Å². The van der Waals surface area contributed by atoms with Crippen LogP contribution in [0.1, 0.15) is 29.5 Å². The lowest BCUT2D eigenvalue weighted by Crippen LogP contribution is -2.09. The van der Waals surface area contributed by atoms with E-state index >= 15 is 0 Å². The van der Waals surface area contributed by atoms with Crippen molar-refractivity contribution >= 4 is 17.1 Å². The monoisotopic (exact) mass is 430 g/mol. The fraction of sp³-hybridized carbons (Fsp3) is 0.231. The van der Waals surface area contributed by atoms with Gasteiger partial charge in [-0.1, -0.05) is 36.4 Å². The summed E-state index contributed by atoms with van der Waals surface area (Å²) in [7, 11) is 0. The van der Waals surface area contributed by atoms with E-state index in [0.29, 0.717) is 31.4 Å². The maximum Gasteiger partial charge on any atom is 0.310 e. The van der Waals surface area contributed by atoms with Crippen LogP contribution in [0.25, 0.3) is 22.2 Å². The van der Waals surface area contributed by atoms with Gasteiger partial charge >= 0.3 is 5.97 Å². The van der Waals surface area contributed by atoms with Crippen LogP contribution in [0.2, 0.25) is 0 Å². The summed E-state index contributed by atoms with van der Waals surface area (Å²) in [4.78, 5) is 16.5. The number of rotatable bonds is 8. The maximum absolute atomic E-state index is 11.9. The van der Waals surface area contributed by atoms with Crippen LogP contribution in [-0.2, 0) is 29.1 Å². The second-order valence-electron chi connectivity index (χ2n) is 7.51. The molecule has 0 atom stereocenters. The molecule has 4 aromatic rings. The summed E-state index contributed by atoms with van der Waals surface area (Å²) in [5.74, 6) is 0.989. The molecule has 2 N–H and O–H groups in total. The van der Waals surface area contributed by atoms with E-state index in [-0.39, 0.29) is 12.4 Å². The van der Waals surface area contributed by atoms with Crippen LogP contribution in [0, 0.1) is 6.92 Å². The van der Waals surface area contributed by atoms with Crippen LogP contribution in [-0.4, -0.2) is 17.6 Å². The van der Waals surface area contributed by atoms with Crippen molar-refractivity contribution in [3.63, 3.8) is 0 Å². The Morgan fingerprint density at radius 3 is 2.72 bits per heavy atom. The number of carbonyl (C=O) groups is 1. The minimum atomic E-state index is -0.273. The second-order valence-corrected chi connectivity index (χ2v) is 7.51. The number of aryl methyl sites for hydroxylation is 1. The highest BCUT2D eigenvalue weighted by Crippen LogP contribution is 2.32. The Morgan fingerprint density at radius 1 is 1.06 bits per heavy atom. The highest BCUT2D eigenvalue weighted by atomic mass is 16.5. The van der Waals surface area contributed by atoms with Gasteiger partial charge in [-0.05, 0) is 47.9 Å². The average Bonchev–Trinajstić information content (AvgIpc) is 3.18. The van der Waals surface area contributed by atoms with Crippen molar-refractivity contribution in [2.24, 2.45) is 5.73 Å². The van der Waals surface area contributed by atoms with Gasteiger partial charge < -0.3 is 19.6 Å². The molecule has 164 valence electrons. The molecule has 0 spiro atoms. The number of benzene rings is 3. The number of para-hydroxylation sites is 1. The van der Waals surface area contributed by atoms with Gasteiger partial charge in [-0.2, -0.15) is 0 Å². The number of hydrogen-bond acceptors (Lipinski definition) is 6. The van der Waals surface area contributed by atoms with Crippen molar-refractivity contribution in [3.8, 4) is 16.9 Å². The third-order valence-electron chi connectivity index (χ3n) is 5.14. The zero-order valence-corrected chi connectivity index (χ0v) is 18.3. The largest absolute Gasteiger partial charge is 0.489 e. The average molecular weight is 431 g/mol. The number of fused-ring (bicyclic) bond motifs is 1. The topological polar surface area (TPSA) is 87.6 Å². The van der Waals surface area contributed by atoms with Crippen molar-refractivity contribution in [2.45, 2.75) is 33.4 Å². The minimum absolute atomic E-state index is 0.169. The summed E-state index contributed by atoms with van der Waals surface area (Å²) in [6, 6.07) is 19.6. The van der Waals surface area contributed by atoms with Gasteiger partial charge in [0.15, 0.2) is 11.5 Å². The number of esters is 1. The molecule has 0 aliphatic carbocycles. The Labute approximate surface area is 187 Å². The molecule has 4 rings (SSSR count). The van der Waals surface area contributed by atoms with Crippen LogP contribution < -0.4 is 10.5 Å². The molecular weight excluding hydrogens is 404 g/mol. The van der Waals surface area contributed by atoms with E-state index in [1.165, 1.54) is 0 Å². The lowest BCUT2D eigenvalue weighted by molar-refractivity contribution is -0.142. The number of ether oxygens (including phenoxy) is 2. The molecule has 6 nitrogen and oxygen atoms in total. The predicted octanol–water partition coefficient (Wildman–Crippen LogP) is 4.95. The van der Waals surface area contributed by atoms with E-state index in [1.54, 1.807) is 6.92 Å². The molecule has 0 saturated carbocycles. The molecule has 0 aliphatic heterocycles. The number of hydrogen-bond donors (Lipinski definition) is 1. The first-order valence-corrected chi connectivity index (χ1v) is 10.6. The molecule has 3 aromatic carbocycles. The number of nitrogens with zero attached hydrogens (tertiary/aromatic N) is 1. The molecule has 32 heavy (non-hydrogen) atoms. The number of nitrogens with two attached hydrogens (primary N) is 1. The lowest BCUT2D eigenvalue weighted by Gasteiger charge is -2.12. The van der Waals surface area contributed by atoms with E-state index in [2.05, 4.69) is 17.1 Å². The minimum Gasteiger partial charge on any atom is -0.489 e. The summed E-state index contributed by atoms with van der Waals surface area (Å²) in [5.41, 5.74) is 12.1. The van der Waals surface area contributed by atoms with E-state index in [4.69, 9.17) is 19.6 Å². The van der Waals surface area contributed by atoms with Crippen LogP contribution in [0.4, 0.5) is 0 Å². The third-order valence-corrected chi connectivity index (χ3v) is 5.14. The number of aromatic nitrogens is 1. The second kappa shape index (κ2) is 9.66. The zero-order valence-electron chi connectivity index (χ0n) is 18.3. The highest BCUT2D eigenvalue weighted by molar-refractivity contribution is 5.91. The van der Waals surface area contributed by atoms with Gasteiger partial charge in [-0.25, -0.2) is 4.98 Å². The van der Waals surface area contributed by atoms with Crippen molar-refractivity contribution in [1.29, 1.82) is 0 Å². The Kier molecular flexibility index (Phi) is 6.52. The van der Waals surface area contributed by atoms with Gasteiger partial charge in [-0.3, -0.25) is 4.79 Å². The predicted molar refractivity (Wildman–Crippen MR) is 123 cm³/mol. The van der Waals surface area contributed by atoms with Crippen molar-refractivity contribution in [1.82, 2.24) is 4.98 Å². The van der Waals surface area contributed by atoms with Crippen LogP contribution >= 0.6 is 0 Å². The SMILES string of the molecule is CCOC(=O)Cc1ccccc1OCc1cc(-c2cccc(CN)c2)c2oc(C)nc2c1. The van der Waals surface area contributed by atoms with E-state index in [0.717, 1.165) is 38.9 Å². The van der Waals surface area contributed by atoms with Crippen molar-refractivity contribution < 1.29 is 18.7 Å². The van der Waals surface area contributed by atoms with Gasteiger partial charge in [0, 0.05) is 24.6 Å².